The molecule has 0 bridgehead atoms. The van der Waals surface area contributed by atoms with Crippen molar-refractivity contribution in [3.8, 4) is 0 Å². The van der Waals surface area contributed by atoms with Crippen molar-refractivity contribution < 1.29 is 0 Å². The lowest BCUT2D eigenvalue weighted by Gasteiger charge is -1.93. The average Bonchev–Trinajstić information content (AvgIpc) is 2.26. The Balaban J connectivity index is 2.42. The van der Waals surface area contributed by atoms with E-state index in [1.165, 1.54) is 0 Å². The number of rotatable bonds is 0. The highest BCUT2D eigenvalue weighted by Crippen LogP contribution is 2.22. The highest BCUT2D eigenvalue weighted by atomic mass is 14.9. The van der Waals surface area contributed by atoms with E-state index in [1.54, 1.807) is 0 Å². The number of fused-ring (bicyclic) bond motifs is 2. The van der Waals surface area contributed by atoms with Crippen LogP contribution in [0.2, 0.25) is 0 Å². The third-order valence-corrected chi connectivity index (χ3v) is 2.25. The molecule has 2 heteroatoms. The first kappa shape index (κ1) is 7.44. The van der Waals surface area contributed by atoms with Gasteiger partial charge in [-0.3, -0.25) is 0 Å². The summed E-state index contributed by atoms with van der Waals surface area (Å²) < 4.78 is 0. The molecule has 0 aliphatic carbocycles. The van der Waals surface area contributed by atoms with E-state index >= 15 is 0 Å². The highest BCUT2D eigenvalue weighted by Gasteiger charge is 2.14. The fraction of sp³-hybridized carbons (Fsp3) is 0. The summed E-state index contributed by atoms with van der Waals surface area (Å²) in [5.41, 5.74) is 1.90. The molecule has 14 heavy (non-hydrogen) atoms. The van der Waals surface area contributed by atoms with E-state index in [2.05, 4.69) is 9.98 Å². The Morgan fingerprint density at radius 2 is 1.64 bits per heavy atom. The van der Waals surface area contributed by atoms with Crippen molar-refractivity contribution in [3.05, 3.63) is 59.2 Å². The highest BCUT2D eigenvalue weighted by molar-refractivity contribution is 5.60. The number of hydrogen-bond donors (Lipinski definition) is 0. The summed E-state index contributed by atoms with van der Waals surface area (Å²) in [5, 5.41) is 1.90. The Hall–Kier alpha value is -1.96. The van der Waals surface area contributed by atoms with Gasteiger partial charge in [-0.05, 0) is 12.1 Å². The molecule has 0 N–H and O–H groups in total. The van der Waals surface area contributed by atoms with Crippen molar-refractivity contribution in [1.82, 2.24) is 4.99 Å². The van der Waals surface area contributed by atoms with Gasteiger partial charge in [-0.15, -0.1) is 0 Å². The van der Waals surface area contributed by atoms with Crippen LogP contribution >= 0.6 is 0 Å². The molecular formula is C12H8N2+. The summed E-state index contributed by atoms with van der Waals surface area (Å²) in [6.07, 6.45) is 0. The van der Waals surface area contributed by atoms with Gasteiger partial charge in [0.05, 0.1) is 4.99 Å². The van der Waals surface area contributed by atoms with Crippen molar-refractivity contribution in [3.63, 3.8) is 0 Å². The lowest BCUT2D eigenvalue weighted by molar-refractivity contribution is 1.10. The third-order valence-electron chi connectivity index (χ3n) is 2.25. The van der Waals surface area contributed by atoms with Crippen molar-refractivity contribution in [2.24, 2.45) is 4.99 Å². The van der Waals surface area contributed by atoms with Gasteiger partial charge in [0.25, 0.3) is 0 Å². The summed E-state index contributed by atoms with van der Waals surface area (Å²) in [6, 6.07) is 15.8. The molecule has 2 aromatic carbocycles. The van der Waals surface area contributed by atoms with Crippen LogP contribution in [-0.4, -0.2) is 0 Å². The van der Waals surface area contributed by atoms with Gasteiger partial charge in [-0.25, -0.2) is 4.99 Å². The Morgan fingerprint density at radius 3 is 2.64 bits per heavy atom. The Labute approximate surface area is 81.3 Å². The van der Waals surface area contributed by atoms with E-state index in [4.69, 9.17) is 0 Å². The maximum Gasteiger partial charge on any atom is 0.303 e. The summed E-state index contributed by atoms with van der Waals surface area (Å²) >= 11 is 0. The Morgan fingerprint density at radius 1 is 0.857 bits per heavy atom. The van der Waals surface area contributed by atoms with Gasteiger partial charge >= 0.3 is 11.0 Å². The van der Waals surface area contributed by atoms with Crippen LogP contribution < -0.4 is 15.7 Å². The van der Waals surface area contributed by atoms with E-state index in [1.807, 2.05) is 48.5 Å². The van der Waals surface area contributed by atoms with Crippen LogP contribution in [0.1, 0.15) is 0 Å². The molecule has 2 nitrogen and oxygen atoms in total. The predicted octanol–water partition coefficient (Wildman–Crippen LogP) is 1.24. The molecule has 2 aromatic rings. The molecule has 65 valence electrons. The molecule has 0 saturated carbocycles. The van der Waals surface area contributed by atoms with E-state index in [0.29, 0.717) is 0 Å². The monoisotopic (exact) mass is 180 g/mol. The largest absolute Gasteiger partial charge is 0.303 e. The second-order valence-corrected chi connectivity index (χ2v) is 3.20. The fourth-order valence-corrected chi connectivity index (χ4v) is 1.57. The van der Waals surface area contributed by atoms with Crippen LogP contribution in [0.3, 0.4) is 0 Å². The normalized spacial score (nSPS) is 12.0. The number of para-hydroxylation sites is 4. The van der Waals surface area contributed by atoms with Gasteiger partial charge in [0, 0.05) is 12.1 Å². The molecule has 1 radical (unpaired) electrons. The standard InChI is InChI=1S/C12H8N2/c1-2-6-10-9(5-1)13-11-7-3-4-8-12(11)14-10/h1-8H/q+1. The van der Waals surface area contributed by atoms with Crippen molar-refractivity contribution in [2.45, 2.75) is 0 Å². The van der Waals surface area contributed by atoms with E-state index in [-0.39, 0.29) is 0 Å². The van der Waals surface area contributed by atoms with Crippen LogP contribution in [0.15, 0.2) is 53.5 Å². The second kappa shape index (κ2) is 2.77. The molecular weight excluding hydrogens is 172 g/mol. The zero-order chi connectivity index (χ0) is 9.38. The van der Waals surface area contributed by atoms with Gasteiger partial charge in [0.15, 0.2) is 0 Å². The van der Waals surface area contributed by atoms with Gasteiger partial charge in [0.2, 0.25) is 0 Å². The minimum atomic E-state index is 0.950. The molecule has 1 aliphatic rings. The zero-order valence-electron chi connectivity index (χ0n) is 7.51. The van der Waals surface area contributed by atoms with Crippen LogP contribution in [-0.2, 0) is 0 Å². The van der Waals surface area contributed by atoms with Crippen LogP contribution in [0, 0.1) is 0 Å². The smallest absolute Gasteiger partial charge is 0.234 e. The van der Waals surface area contributed by atoms with Gasteiger partial charge in [-0.1, -0.05) is 24.3 Å². The summed E-state index contributed by atoms with van der Waals surface area (Å²) in [4.78, 5) is 9.03. The number of nitrogens with zero attached hydrogens (tertiary/aromatic N) is 2. The second-order valence-electron chi connectivity index (χ2n) is 3.20. The Bertz CT molecular complexity index is 546. The Kier molecular flexibility index (Phi) is 1.47. The van der Waals surface area contributed by atoms with Crippen molar-refractivity contribution >= 4 is 11.4 Å². The van der Waals surface area contributed by atoms with Crippen LogP contribution in [0.4, 0.5) is 11.4 Å². The molecule has 3 rings (SSSR count). The first-order chi connectivity index (χ1) is 6.93. The molecule has 0 spiro atoms. The quantitative estimate of drug-likeness (QED) is 0.497. The van der Waals surface area contributed by atoms with Gasteiger partial charge in [0.1, 0.15) is 11.0 Å². The number of benzene rings is 2. The molecule has 0 fully saturated rings. The van der Waals surface area contributed by atoms with Gasteiger partial charge < -0.3 is 0 Å². The molecule has 0 unspecified atom stereocenters. The van der Waals surface area contributed by atoms with E-state index in [0.717, 1.165) is 22.1 Å². The van der Waals surface area contributed by atoms with E-state index in [9.17, 15) is 0 Å². The first-order valence-corrected chi connectivity index (χ1v) is 4.55. The maximum absolute atomic E-state index is 4.52. The molecule has 0 saturated heterocycles. The lowest BCUT2D eigenvalue weighted by Crippen LogP contribution is -2.30. The maximum atomic E-state index is 4.52. The van der Waals surface area contributed by atoms with Gasteiger partial charge in [-0.2, -0.15) is 0 Å². The topological polar surface area (TPSA) is 26.5 Å². The van der Waals surface area contributed by atoms with E-state index < -0.39 is 0 Å². The van der Waals surface area contributed by atoms with Crippen molar-refractivity contribution in [2.75, 3.05) is 0 Å². The third kappa shape index (κ3) is 1.04. The predicted molar refractivity (Wildman–Crippen MR) is 54.2 cm³/mol. The molecule has 0 amide bonds. The fourth-order valence-electron chi connectivity index (χ4n) is 1.57. The zero-order valence-corrected chi connectivity index (χ0v) is 7.51. The van der Waals surface area contributed by atoms with Crippen LogP contribution in [0.5, 0.6) is 0 Å². The average molecular weight is 180 g/mol. The molecule has 0 aromatic heterocycles. The SMILES string of the molecule is c1ccc2c(c1)N=c1ccccc1=[N+]2. The molecule has 0 atom stereocenters. The minimum Gasteiger partial charge on any atom is -0.234 e. The molecule has 1 heterocycles. The lowest BCUT2D eigenvalue weighted by atomic mass is 10.2. The summed E-state index contributed by atoms with van der Waals surface area (Å²) in [6.45, 7) is 0. The van der Waals surface area contributed by atoms with Crippen LogP contribution in [0.25, 0.3) is 0 Å². The molecule has 1 aliphatic heterocycles. The van der Waals surface area contributed by atoms with Crippen molar-refractivity contribution in [1.29, 1.82) is 0 Å². The summed E-state index contributed by atoms with van der Waals surface area (Å²) in [5.74, 6) is 0. The minimum absolute atomic E-state index is 0.950. The first-order valence-electron chi connectivity index (χ1n) is 4.55. The number of hydrogen-bond acceptors (Lipinski definition) is 2. The summed E-state index contributed by atoms with van der Waals surface area (Å²) in [7, 11) is 0.